The summed E-state index contributed by atoms with van der Waals surface area (Å²) < 4.78 is 7.68. The van der Waals surface area contributed by atoms with Crippen molar-refractivity contribution >= 4 is 41.5 Å². The van der Waals surface area contributed by atoms with Crippen LogP contribution in [0.15, 0.2) is 47.6 Å². The zero-order valence-corrected chi connectivity index (χ0v) is 20.4. The minimum Gasteiger partial charge on any atom is -0.379 e. The topological polar surface area (TPSA) is 45.0 Å². The second-order valence-electron chi connectivity index (χ2n) is 7.11. The van der Waals surface area contributed by atoms with E-state index in [-0.39, 0.29) is 30.0 Å². The summed E-state index contributed by atoms with van der Waals surface area (Å²) in [7, 11) is 5.96. The number of hydrogen-bond donors (Lipinski definition) is 1. The number of rotatable bonds is 6. The number of aliphatic imine (C=N–C) groups is 1. The third kappa shape index (κ3) is 6.60. The molecule has 1 aromatic carbocycles. The highest BCUT2D eigenvalue weighted by atomic mass is 127. The molecule has 3 rings (SSSR count). The lowest BCUT2D eigenvalue weighted by Crippen LogP contribution is -2.46. The average molecular weight is 532 g/mol. The van der Waals surface area contributed by atoms with E-state index in [0.29, 0.717) is 0 Å². The van der Waals surface area contributed by atoms with Gasteiger partial charge in [0.25, 0.3) is 0 Å². The smallest absolute Gasteiger partial charge is 0.193 e. The number of aromatic nitrogens is 1. The maximum atomic E-state index is 6.10. The second kappa shape index (κ2) is 11.8. The van der Waals surface area contributed by atoms with Crippen LogP contribution in [0.25, 0.3) is 0 Å². The summed E-state index contributed by atoms with van der Waals surface area (Å²) in [5, 5.41) is 4.32. The van der Waals surface area contributed by atoms with E-state index in [0.717, 1.165) is 50.4 Å². The third-order valence-electron chi connectivity index (χ3n) is 5.22. The van der Waals surface area contributed by atoms with Crippen molar-refractivity contribution in [2.24, 2.45) is 12.0 Å². The molecular weight excluding hydrogens is 501 g/mol. The first kappa shape index (κ1) is 24.0. The number of aryl methyl sites for hydroxylation is 1. The van der Waals surface area contributed by atoms with Crippen LogP contribution < -0.4 is 5.32 Å². The van der Waals surface area contributed by atoms with Gasteiger partial charge in [-0.25, -0.2) is 0 Å². The van der Waals surface area contributed by atoms with Crippen molar-refractivity contribution in [2.45, 2.75) is 12.6 Å². The van der Waals surface area contributed by atoms with Crippen molar-refractivity contribution in [3.8, 4) is 0 Å². The van der Waals surface area contributed by atoms with Crippen LogP contribution in [0.5, 0.6) is 0 Å². The van der Waals surface area contributed by atoms with Crippen LogP contribution in [0.4, 0.5) is 0 Å². The molecule has 0 radical (unpaired) electrons. The Morgan fingerprint density at radius 1 is 1.24 bits per heavy atom. The molecule has 160 valence electrons. The molecule has 1 N–H and O–H groups in total. The molecular formula is C21H31ClIN5O. The molecule has 1 unspecified atom stereocenters. The molecule has 1 saturated heterocycles. The van der Waals surface area contributed by atoms with Crippen LogP contribution in [0.2, 0.25) is 5.02 Å². The van der Waals surface area contributed by atoms with Gasteiger partial charge in [0.2, 0.25) is 0 Å². The molecule has 1 atom stereocenters. The Morgan fingerprint density at radius 2 is 1.93 bits per heavy atom. The quantitative estimate of drug-likeness (QED) is 0.353. The molecule has 2 aromatic rings. The average Bonchev–Trinajstić information content (AvgIpc) is 3.11. The van der Waals surface area contributed by atoms with E-state index in [1.807, 2.05) is 19.2 Å². The fraction of sp³-hybridized carbons (Fsp3) is 0.476. The number of morpholine rings is 1. The highest BCUT2D eigenvalue weighted by molar-refractivity contribution is 14.0. The highest BCUT2D eigenvalue weighted by Gasteiger charge is 2.23. The molecule has 1 aliphatic rings. The minimum absolute atomic E-state index is 0. The monoisotopic (exact) mass is 531 g/mol. The van der Waals surface area contributed by atoms with Crippen molar-refractivity contribution in [3.63, 3.8) is 0 Å². The molecule has 0 saturated carbocycles. The van der Waals surface area contributed by atoms with Gasteiger partial charge in [0, 0.05) is 57.7 Å². The van der Waals surface area contributed by atoms with Gasteiger partial charge in [0.1, 0.15) is 0 Å². The van der Waals surface area contributed by atoms with E-state index < -0.39 is 0 Å². The van der Waals surface area contributed by atoms with Gasteiger partial charge in [-0.05, 0) is 29.8 Å². The SMILES string of the molecule is CN=C(NCC(c1ccc(Cl)cc1)N1CCOCC1)N(C)Cc1cccn1C.I. The van der Waals surface area contributed by atoms with Gasteiger partial charge in [-0.15, -0.1) is 24.0 Å². The Bertz CT molecular complexity index is 774. The van der Waals surface area contributed by atoms with Gasteiger partial charge in [-0.1, -0.05) is 23.7 Å². The second-order valence-corrected chi connectivity index (χ2v) is 7.55. The molecule has 1 aromatic heterocycles. The van der Waals surface area contributed by atoms with Crippen LogP contribution in [0.1, 0.15) is 17.3 Å². The highest BCUT2D eigenvalue weighted by Crippen LogP contribution is 2.23. The standard InChI is InChI=1S/C21H30ClN5O.HI/c1-23-21(26(3)16-19-5-4-10-25(19)2)24-15-20(27-11-13-28-14-12-27)17-6-8-18(22)9-7-17;/h4-10,20H,11-16H2,1-3H3,(H,23,24);1H. The molecule has 6 nitrogen and oxygen atoms in total. The molecule has 0 bridgehead atoms. The van der Waals surface area contributed by atoms with Crippen LogP contribution in [0.3, 0.4) is 0 Å². The minimum atomic E-state index is 0. The first-order valence-electron chi connectivity index (χ1n) is 9.67. The number of guanidine groups is 1. The van der Waals surface area contributed by atoms with Crippen LogP contribution >= 0.6 is 35.6 Å². The lowest BCUT2D eigenvalue weighted by molar-refractivity contribution is 0.0169. The first-order valence-corrected chi connectivity index (χ1v) is 10.1. The van der Waals surface area contributed by atoms with E-state index >= 15 is 0 Å². The summed E-state index contributed by atoms with van der Waals surface area (Å²) in [6, 6.07) is 12.6. The van der Waals surface area contributed by atoms with Crippen LogP contribution in [-0.2, 0) is 18.3 Å². The van der Waals surface area contributed by atoms with Gasteiger partial charge in [0.15, 0.2) is 5.96 Å². The number of nitrogens with zero attached hydrogens (tertiary/aromatic N) is 4. The molecule has 1 fully saturated rings. The normalized spacial score (nSPS) is 16.2. The predicted molar refractivity (Wildman–Crippen MR) is 130 cm³/mol. The zero-order chi connectivity index (χ0) is 19.9. The maximum Gasteiger partial charge on any atom is 0.193 e. The van der Waals surface area contributed by atoms with Crippen molar-refractivity contribution in [3.05, 3.63) is 58.9 Å². The predicted octanol–water partition coefficient (Wildman–Crippen LogP) is 3.38. The molecule has 2 heterocycles. The summed E-state index contributed by atoms with van der Waals surface area (Å²) >= 11 is 6.10. The third-order valence-corrected chi connectivity index (χ3v) is 5.47. The van der Waals surface area contributed by atoms with E-state index in [1.165, 1.54) is 11.3 Å². The van der Waals surface area contributed by atoms with Crippen LogP contribution in [0, 0.1) is 0 Å². The van der Waals surface area contributed by atoms with Gasteiger partial charge in [-0.2, -0.15) is 0 Å². The van der Waals surface area contributed by atoms with Gasteiger partial charge < -0.3 is 19.5 Å². The maximum absolute atomic E-state index is 6.10. The van der Waals surface area contributed by atoms with Gasteiger partial charge in [0.05, 0.1) is 25.8 Å². The zero-order valence-electron chi connectivity index (χ0n) is 17.3. The summed E-state index contributed by atoms with van der Waals surface area (Å²) in [5.74, 6) is 0.883. The number of halogens is 2. The molecule has 8 heteroatoms. The Kier molecular flexibility index (Phi) is 9.74. The number of ether oxygens (including phenoxy) is 1. The molecule has 29 heavy (non-hydrogen) atoms. The van der Waals surface area contributed by atoms with Gasteiger partial charge >= 0.3 is 0 Å². The van der Waals surface area contributed by atoms with Crippen LogP contribution in [-0.4, -0.2) is 67.3 Å². The summed E-state index contributed by atoms with van der Waals surface area (Å²) in [4.78, 5) is 9.09. The summed E-state index contributed by atoms with van der Waals surface area (Å²) in [6.45, 7) is 4.95. The van der Waals surface area contributed by atoms with E-state index in [1.54, 1.807) is 0 Å². The summed E-state index contributed by atoms with van der Waals surface area (Å²) in [6.07, 6.45) is 2.06. The first-order chi connectivity index (χ1) is 13.6. The lowest BCUT2D eigenvalue weighted by atomic mass is 10.0. The van der Waals surface area contributed by atoms with Crippen molar-refractivity contribution < 1.29 is 4.74 Å². The van der Waals surface area contributed by atoms with Crippen molar-refractivity contribution in [1.29, 1.82) is 0 Å². The molecule has 0 aliphatic carbocycles. The fourth-order valence-corrected chi connectivity index (χ4v) is 3.71. The number of hydrogen-bond acceptors (Lipinski definition) is 3. The molecule has 0 amide bonds. The van der Waals surface area contributed by atoms with E-state index in [2.05, 4.69) is 69.2 Å². The largest absolute Gasteiger partial charge is 0.379 e. The van der Waals surface area contributed by atoms with Crippen molar-refractivity contribution in [1.82, 2.24) is 19.7 Å². The Labute approximate surface area is 195 Å². The molecule has 0 spiro atoms. The Balaban J connectivity index is 0.00000300. The fourth-order valence-electron chi connectivity index (χ4n) is 3.58. The Hall–Kier alpha value is -1.29. The van der Waals surface area contributed by atoms with Crippen molar-refractivity contribution in [2.75, 3.05) is 46.9 Å². The number of nitrogens with one attached hydrogen (secondary N) is 1. The molecule has 1 aliphatic heterocycles. The number of benzene rings is 1. The van der Waals surface area contributed by atoms with Gasteiger partial charge in [-0.3, -0.25) is 9.89 Å². The lowest BCUT2D eigenvalue weighted by Gasteiger charge is -2.35. The Morgan fingerprint density at radius 3 is 2.52 bits per heavy atom. The van der Waals surface area contributed by atoms with E-state index in [4.69, 9.17) is 16.3 Å². The van der Waals surface area contributed by atoms with E-state index in [9.17, 15) is 0 Å². The summed E-state index contributed by atoms with van der Waals surface area (Å²) in [5.41, 5.74) is 2.49.